The van der Waals surface area contributed by atoms with Gasteiger partial charge in [-0.2, -0.15) is 13.2 Å². The molecule has 0 spiro atoms. The first-order valence-corrected chi connectivity index (χ1v) is 8.97. The molecule has 1 atom stereocenters. The van der Waals surface area contributed by atoms with Crippen LogP contribution in [0.1, 0.15) is 24.1 Å². The lowest BCUT2D eigenvalue weighted by Crippen LogP contribution is -2.46. The van der Waals surface area contributed by atoms with E-state index in [1.807, 2.05) is 0 Å². The highest BCUT2D eigenvalue weighted by Gasteiger charge is 2.33. The van der Waals surface area contributed by atoms with Gasteiger partial charge in [0.15, 0.2) is 0 Å². The van der Waals surface area contributed by atoms with E-state index in [2.05, 4.69) is 31.9 Å². The van der Waals surface area contributed by atoms with Crippen molar-refractivity contribution in [3.63, 3.8) is 0 Å². The van der Waals surface area contributed by atoms with Crippen LogP contribution in [0.15, 0.2) is 64.3 Å². The number of anilines is 1. The number of allylic oxidation sites excluding steroid dienone is 1. The van der Waals surface area contributed by atoms with Gasteiger partial charge in [-0.3, -0.25) is 4.79 Å². The third-order valence-electron chi connectivity index (χ3n) is 4.19. The van der Waals surface area contributed by atoms with Gasteiger partial charge in [-0.1, -0.05) is 28.1 Å². The Morgan fingerprint density at radius 1 is 1.07 bits per heavy atom. The van der Waals surface area contributed by atoms with E-state index < -0.39 is 29.7 Å². The molecule has 2 aromatic carbocycles. The third-order valence-corrected chi connectivity index (χ3v) is 4.72. The predicted octanol–water partition coefficient (Wildman–Crippen LogP) is 4.73. The number of carbonyl (C=O) groups excluding carboxylic acids is 2. The predicted molar refractivity (Wildman–Crippen MR) is 101 cm³/mol. The van der Waals surface area contributed by atoms with E-state index in [4.69, 9.17) is 0 Å². The molecule has 0 fully saturated rings. The molecule has 0 bridgehead atoms. The van der Waals surface area contributed by atoms with E-state index in [0.717, 1.165) is 16.6 Å². The number of nitrogens with one attached hydrogen (secondary N) is 3. The van der Waals surface area contributed by atoms with E-state index in [-0.39, 0.29) is 5.57 Å². The monoisotopic (exact) mass is 453 g/mol. The lowest BCUT2D eigenvalue weighted by Gasteiger charge is -2.29. The van der Waals surface area contributed by atoms with E-state index in [1.54, 1.807) is 31.2 Å². The minimum Gasteiger partial charge on any atom is -0.327 e. The fourth-order valence-electron chi connectivity index (χ4n) is 2.84. The Hall–Kier alpha value is -2.81. The van der Waals surface area contributed by atoms with Gasteiger partial charge < -0.3 is 16.0 Å². The molecule has 1 heterocycles. The quantitative estimate of drug-likeness (QED) is 0.628. The molecule has 3 rings (SSSR count). The summed E-state index contributed by atoms with van der Waals surface area (Å²) in [5.41, 5.74) is 0.628. The Kier molecular flexibility index (Phi) is 5.46. The lowest BCUT2D eigenvalue weighted by molar-refractivity contribution is -0.137. The molecule has 3 N–H and O–H groups in total. The van der Waals surface area contributed by atoms with Crippen LogP contribution in [-0.4, -0.2) is 11.9 Å². The maximum absolute atomic E-state index is 12.8. The van der Waals surface area contributed by atoms with Crippen LogP contribution in [-0.2, 0) is 11.0 Å². The Morgan fingerprint density at radius 3 is 2.25 bits per heavy atom. The van der Waals surface area contributed by atoms with Crippen LogP contribution in [0.3, 0.4) is 0 Å². The minimum absolute atomic E-state index is 0.210. The summed E-state index contributed by atoms with van der Waals surface area (Å²) in [5, 5.41) is 7.84. The summed E-state index contributed by atoms with van der Waals surface area (Å²) in [5.74, 6) is -0.475. The van der Waals surface area contributed by atoms with E-state index >= 15 is 0 Å². The van der Waals surface area contributed by atoms with Crippen molar-refractivity contribution in [2.24, 2.45) is 0 Å². The van der Waals surface area contributed by atoms with Gasteiger partial charge in [-0.05, 0) is 48.9 Å². The highest BCUT2D eigenvalue weighted by atomic mass is 79.9. The number of carbonyl (C=O) groups is 2. The SMILES string of the molecule is CC1=C(C(=O)Nc2ccc(Br)cc2)[C@@H](c2ccc(C(F)(F)F)cc2)NC(=O)N1. The maximum atomic E-state index is 12.8. The van der Waals surface area contributed by atoms with Crippen molar-refractivity contribution in [1.82, 2.24) is 10.6 Å². The molecule has 0 aliphatic carbocycles. The standard InChI is InChI=1S/C19H15BrF3N3O2/c1-10-15(17(27)25-14-8-6-13(20)7-9-14)16(26-18(28)24-10)11-2-4-12(5-3-11)19(21,22)23/h2-9,16H,1H3,(H,25,27)(H2,24,26,28)/t16-/m1/s1. The van der Waals surface area contributed by atoms with Gasteiger partial charge in [0.05, 0.1) is 17.2 Å². The Bertz CT molecular complexity index is 938. The summed E-state index contributed by atoms with van der Waals surface area (Å²) in [6.45, 7) is 1.56. The second-order valence-corrected chi connectivity index (χ2v) is 7.07. The Morgan fingerprint density at radius 2 is 1.68 bits per heavy atom. The zero-order valence-electron chi connectivity index (χ0n) is 14.5. The van der Waals surface area contributed by atoms with Gasteiger partial charge in [0.25, 0.3) is 5.91 Å². The largest absolute Gasteiger partial charge is 0.416 e. The first kappa shape index (κ1) is 19.9. The van der Waals surface area contributed by atoms with Crippen molar-refractivity contribution < 1.29 is 22.8 Å². The molecule has 5 nitrogen and oxygen atoms in total. The fourth-order valence-corrected chi connectivity index (χ4v) is 3.11. The molecule has 28 heavy (non-hydrogen) atoms. The van der Waals surface area contributed by atoms with Gasteiger partial charge in [-0.15, -0.1) is 0 Å². The molecule has 1 aliphatic rings. The molecule has 0 unspecified atom stereocenters. The second kappa shape index (κ2) is 7.67. The topological polar surface area (TPSA) is 70.2 Å². The summed E-state index contributed by atoms with van der Waals surface area (Å²) in [6, 6.07) is 9.81. The molecule has 0 saturated heterocycles. The van der Waals surface area contributed by atoms with Crippen LogP contribution in [0.2, 0.25) is 0 Å². The number of benzene rings is 2. The number of halogens is 4. The Balaban J connectivity index is 1.92. The minimum atomic E-state index is -4.47. The number of urea groups is 1. The molecular weight excluding hydrogens is 439 g/mol. The van der Waals surface area contributed by atoms with Crippen LogP contribution in [0.25, 0.3) is 0 Å². The van der Waals surface area contributed by atoms with Crippen molar-refractivity contribution in [3.05, 3.63) is 75.4 Å². The molecule has 3 amide bonds. The van der Waals surface area contributed by atoms with Gasteiger partial charge in [0.2, 0.25) is 0 Å². The third kappa shape index (κ3) is 4.36. The molecule has 0 aromatic heterocycles. The molecule has 9 heteroatoms. The number of hydrogen-bond acceptors (Lipinski definition) is 2. The molecule has 1 aliphatic heterocycles. The van der Waals surface area contributed by atoms with Gasteiger partial charge >= 0.3 is 12.2 Å². The van der Waals surface area contributed by atoms with Crippen molar-refractivity contribution in [2.75, 3.05) is 5.32 Å². The number of rotatable bonds is 3. The molecular formula is C19H15BrF3N3O2. The van der Waals surface area contributed by atoms with Crippen molar-refractivity contribution in [1.29, 1.82) is 0 Å². The Labute approximate surface area is 167 Å². The zero-order valence-corrected chi connectivity index (χ0v) is 16.1. The van der Waals surface area contributed by atoms with Crippen molar-refractivity contribution in [3.8, 4) is 0 Å². The highest BCUT2D eigenvalue weighted by molar-refractivity contribution is 9.10. The normalized spacial score (nSPS) is 17.0. The van der Waals surface area contributed by atoms with Crippen molar-refractivity contribution in [2.45, 2.75) is 19.1 Å². The summed E-state index contributed by atoms with van der Waals surface area (Å²) >= 11 is 3.30. The van der Waals surface area contributed by atoms with Gasteiger partial charge in [0, 0.05) is 15.9 Å². The maximum Gasteiger partial charge on any atom is 0.416 e. The summed E-state index contributed by atoms with van der Waals surface area (Å²) in [6.07, 6.45) is -4.47. The first-order chi connectivity index (χ1) is 13.1. The summed E-state index contributed by atoms with van der Waals surface area (Å²) < 4.78 is 39.3. The van der Waals surface area contributed by atoms with E-state index in [0.29, 0.717) is 16.9 Å². The number of hydrogen-bond donors (Lipinski definition) is 3. The zero-order chi connectivity index (χ0) is 20.5. The smallest absolute Gasteiger partial charge is 0.327 e. The highest BCUT2D eigenvalue weighted by Crippen LogP contribution is 2.32. The van der Waals surface area contributed by atoms with E-state index in [9.17, 15) is 22.8 Å². The average molecular weight is 454 g/mol. The van der Waals surface area contributed by atoms with Crippen molar-refractivity contribution >= 4 is 33.6 Å². The van der Waals surface area contributed by atoms with Crippen LogP contribution < -0.4 is 16.0 Å². The van der Waals surface area contributed by atoms with Gasteiger partial charge in [0.1, 0.15) is 0 Å². The van der Waals surface area contributed by atoms with Crippen LogP contribution in [0.4, 0.5) is 23.7 Å². The fraction of sp³-hybridized carbons (Fsp3) is 0.158. The molecule has 0 radical (unpaired) electrons. The summed E-state index contributed by atoms with van der Waals surface area (Å²) in [4.78, 5) is 24.7. The molecule has 146 valence electrons. The van der Waals surface area contributed by atoms with Crippen LogP contribution in [0.5, 0.6) is 0 Å². The second-order valence-electron chi connectivity index (χ2n) is 6.15. The summed E-state index contributed by atoms with van der Waals surface area (Å²) in [7, 11) is 0. The lowest BCUT2D eigenvalue weighted by atomic mass is 9.94. The van der Waals surface area contributed by atoms with Gasteiger partial charge in [-0.25, -0.2) is 4.79 Å². The number of alkyl halides is 3. The van der Waals surface area contributed by atoms with Crippen LogP contribution in [0, 0.1) is 0 Å². The van der Waals surface area contributed by atoms with Crippen LogP contribution >= 0.6 is 15.9 Å². The molecule has 2 aromatic rings. The van der Waals surface area contributed by atoms with E-state index in [1.165, 1.54) is 12.1 Å². The number of amides is 3. The average Bonchev–Trinajstić information content (AvgIpc) is 2.62. The molecule has 0 saturated carbocycles. The first-order valence-electron chi connectivity index (χ1n) is 8.17.